The summed E-state index contributed by atoms with van der Waals surface area (Å²) in [6, 6.07) is 5.03. The first-order chi connectivity index (χ1) is 7.10. The van der Waals surface area contributed by atoms with E-state index in [0.29, 0.717) is 6.04 Å². The maximum Gasteiger partial charge on any atom is 0.0317 e. The van der Waals surface area contributed by atoms with Crippen molar-refractivity contribution in [3.63, 3.8) is 0 Å². The Bertz CT molecular complexity index is 310. The Hall–Kier alpha value is -0.340. The smallest absolute Gasteiger partial charge is 0.0317 e. The molecule has 1 unspecified atom stereocenters. The lowest BCUT2D eigenvalue weighted by molar-refractivity contribution is 0.537. The van der Waals surface area contributed by atoms with Crippen molar-refractivity contribution in [1.29, 1.82) is 0 Å². The van der Waals surface area contributed by atoms with Gasteiger partial charge in [0.15, 0.2) is 0 Å². The first kappa shape index (κ1) is 12.7. The molecule has 0 spiro atoms. The van der Waals surface area contributed by atoms with Crippen molar-refractivity contribution in [2.24, 2.45) is 0 Å². The quantitative estimate of drug-likeness (QED) is 0.867. The second-order valence-electron chi connectivity index (χ2n) is 3.99. The largest absolute Gasteiger partial charge is 0.310 e. The summed E-state index contributed by atoms with van der Waals surface area (Å²) in [5, 5.41) is 3.51. The topological polar surface area (TPSA) is 12.0 Å². The Kier molecular flexibility index (Phi) is 4.81. The van der Waals surface area contributed by atoms with Crippen LogP contribution in [0.4, 0.5) is 0 Å². The predicted octanol–water partition coefficient (Wildman–Crippen LogP) is 4.13. The Morgan fingerprint density at radius 3 is 2.13 bits per heavy atom. The molecule has 1 rings (SSSR count). The molecule has 0 radical (unpaired) electrons. The molecule has 1 atom stereocenters. The van der Waals surface area contributed by atoms with Crippen LogP contribution in [0.1, 0.15) is 43.0 Å². The van der Waals surface area contributed by atoms with E-state index in [1.54, 1.807) is 0 Å². The molecule has 2 heteroatoms. The molecule has 0 aliphatic carbocycles. The van der Waals surface area contributed by atoms with E-state index in [0.717, 1.165) is 13.0 Å². The summed E-state index contributed by atoms with van der Waals surface area (Å²) < 4.78 is 1.23. The van der Waals surface area contributed by atoms with Crippen LogP contribution in [0.5, 0.6) is 0 Å². The fourth-order valence-electron chi connectivity index (χ4n) is 1.92. The summed E-state index contributed by atoms with van der Waals surface area (Å²) >= 11 is 3.60. The van der Waals surface area contributed by atoms with Gasteiger partial charge in [0.1, 0.15) is 0 Å². The fraction of sp³-hybridized carbons (Fsp3) is 0.538. The highest BCUT2D eigenvalue weighted by molar-refractivity contribution is 9.10. The van der Waals surface area contributed by atoms with Crippen molar-refractivity contribution in [1.82, 2.24) is 5.32 Å². The number of hydrogen-bond donors (Lipinski definition) is 1. The van der Waals surface area contributed by atoms with Crippen LogP contribution in [0.2, 0.25) is 0 Å². The molecule has 0 aromatic heterocycles. The lowest BCUT2D eigenvalue weighted by Gasteiger charge is -2.18. The van der Waals surface area contributed by atoms with Gasteiger partial charge < -0.3 is 5.32 Å². The van der Waals surface area contributed by atoms with Crippen LogP contribution in [0.25, 0.3) is 0 Å². The Balaban J connectivity index is 3.03. The highest BCUT2D eigenvalue weighted by Gasteiger charge is 2.10. The zero-order chi connectivity index (χ0) is 11.4. The molecule has 0 saturated heterocycles. The van der Waals surface area contributed by atoms with Crippen LogP contribution in [0.3, 0.4) is 0 Å². The molecule has 0 aliphatic rings. The molecule has 15 heavy (non-hydrogen) atoms. The van der Waals surface area contributed by atoms with E-state index in [9.17, 15) is 0 Å². The fourth-order valence-corrected chi connectivity index (χ4v) is 2.15. The number of halogens is 1. The molecule has 84 valence electrons. The van der Waals surface area contributed by atoms with Gasteiger partial charge in [-0.25, -0.2) is 0 Å². The van der Waals surface area contributed by atoms with Gasteiger partial charge in [0, 0.05) is 10.5 Å². The molecule has 1 N–H and O–H groups in total. The van der Waals surface area contributed by atoms with Crippen molar-refractivity contribution < 1.29 is 0 Å². The average Bonchev–Trinajstić information content (AvgIpc) is 2.22. The highest BCUT2D eigenvalue weighted by Crippen LogP contribution is 2.26. The molecular weight excluding hydrogens is 250 g/mol. The summed E-state index contributed by atoms with van der Waals surface area (Å²) in [6.07, 6.45) is 1.13. The lowest BCUT2D eigenvalue weighted by atomic mass is 9.99. The van der Waals surface area contributed by atoms with Gasteiger partial charge in [-0.15, -0.1) is 0 Å². The van der Waals surface area contributed by atoms with Crippen molar-refractivity contribution >= 4 is 15.9 Å². The number of hydrogen-bond acceptors (Lipinski definition) is 1. The third-order valence-corrected chi connectivity index (χ3v) is 3.97. The summed E-state index contributed by atoms with van der Waals surface area (Å²) in [7, 11) is 0. The summed E-state index contributed by atoms with van der Waals surface area (Å²) in [6.45, 7) is 9.70. The van der Waals surface area contributed by atoms with Gasteiger partial charge in [-0.2, -0.15) is 0 Å². The maximum atomic E-state index is 3.60. The van der Waals surface area contributed by atoms with E-state index in [1.807, 2.05) is 0 Å². The van der Waals surface area contributed by atoms with Gasteiger partial charge in [0.05, 0.1) is 0 Å². The Labute approximate surface area is 101 Å². The molecule has 0 bridgehead atoms. The summed E-state index contributed by atoms with van der Waals surface area (Å²) in [4.78, 5) is 0. The number of nitrogens with one attached hydrogen (secondary N) is 1. The molecule has 0 fully saturated rings. The Morgan fingerprint density at radius 1 is 1.20 bits per heavy atom. The van der Waals surface area contributed by atoms with Gasteiger partial charge in [-0.05, 0) is 43.5 Å². The molecule has 1 aromatic carbocycles. The molecule has 0 amide bonds. The standard InChI is InChI=1S/C13H20BrN/c1-5-12(15-6-2)11-7-9(3)13(14)10(4)8-11/h7-8,12,15H,5-6H2,1-4H3. The van der Waals surface area contributed by atoms with E-state index < -0.39 is 0 Å². The first-order valence-corrected chi connectivity index (χ1v) is 6.39. The minimum Gasteiger partial charge on any atom is -0.310 e. The van der Waals surface area contributed by atoms with E-state index in [-0.39, 0.29) is 0 Å². The van der Waals surface area contributed by atoms with Crippen molar-refractivity contribution in [3.8, 4) is 0 Å². The van der Waals surface area contributed by atoms with Gasteiger partial charge in [-0.3, -0.25) is 0 Å². The molecule has 0 saturated carbocycles. The van der Waals surface area contributed by atoms with Crippen molar-refractivity contribution in [2.45, 2.75) is 40.2 Å². The van der Waals surface area contributed by atoms with E-state index in [2.05, 4.69) is 61.1 Å². The zero-order valence-corrected chi connectivity index (χ0v) is 11.6. The highest BCUT2D eigenvalue weighted by atomic mass is 79.9. The summed E-state index contributed by atoms with van der Waals surface area (Å²) in [5.74, 6) is 0. The normalized spacial score (nSPS) is 12.9. The van der Waals surface area contributed by atoms with Crippen molar-refractivity contribution in [2.75, 3.05) is 6.54 Å². The van der Waals surface area contributed by atoms with E-state index in [1.165, 1.54) is 21.2 Å². The van der Waals surface area contributed by atoms with Gasteiger partial charge >= 0.3 is 0 Å². The number of benzene rings is 1. The number of rotatable bonds is 4. The maximum absolute atomic E-state index is 3.60. The minimum atomic E-state index is 0.487. The molecule has 0 heterocycles. The predicted molar refractivity (Wildman–Crippen MR) is 70.3 cm³/mol. The SMILES string of the molecule is CCNC(CC)c1cc(C)c(Br)c(C)c1. The van der Waals surface area contributed by atoms with Crippen LogP contribution in [0.15, 0.2) is 16.6 Å². The number of aryl methyl sites for hydroxylation is 2. The molecular formula is C13H20BrN. The van der Waals surface area contributed by atoms with Crippen LogP contribution in [0, 0.1) is 13.8 Å². The second-order valence-corrected chi connectivity index (χ2v) is 4.78. The minimum absolute atomic E-state index is 0.487. The molecule has 1 nitrogen and oxygen atoms in total. The zero-order valence-electron chi connectivity index (χ0n) is 10.0. The van der Waals surface area contributed by atoms with E-state index >= 15 is 0 Å². The van der Waals surface area contributed by atoms with Gasteiger partial charge in [0.2, 0.25) is 0 Å². The van der Waals surface area contributed by atoms with Crippen LogP contribution in [-0.2, 0) is 0 Å². The van der Waals surface area contributed by atoms with Crippen LogP contribution in [-0.4, -0.2) is 6.54 Å². The van der Waals surface area contributed by atoms with Gasteiger partial charge in [-0.1, -0.05) is 41.9 Å². The third kappa shape index (κ3) is 3.05. The van der Waals surface area contributed by atoms with Crippen molar-refractivity contribution in [3.05, 3.63) is 33.3 Å². The summed E-state index contributed by atoms with van der Waals surface area (Å²) in [5.41, 5.74) is 4.04. The molecule has 0 aliphatic heterocycles. The lowest BCUT2D eigenvalue weighted by Crippen LogP contribution is -2.20. The van der Waals surface area contributed by atoms with Crippen LogP contribution >= 0.6 is 15.9 Å². The molecule has 1 aromatic rings. The van der Waals surface area contributed by atoms with E-state index in [4.69, 9.17) is 0 Å². The van der Waals surface area contributed by atoms with Crippen LogP contribution < -0.4 is 5.32 Å². The first-order valence-electron chi connectivity index (χ1n) is 5.60. The monoisotopic (exact) mass is 269 g/mol. The van der Waals surface area contributed by atoms with Gasteiger partial charge in [0.25, 0.3) is 0 Å². The Morgan fingerprint density at radius 2 is 1.73 bits per heavy atom. The second kappa shape index (κ2) is 5.66. The average molecular weight is 270 g/mol. The third-order valence-electron chi connectivity index (χ3n) is 2.72.